The van der Waals surface area contributed by atoms with Crippen molar-refractivity contribution in [2.75, 3.05) is 6.61 Å². The third kappa shape index (κ3) is 3.85. The smallest absolute Gasteiger partial charge is 0.121 e. The van der Waals surface area contributed by atoms with Crippen molar-refractivity contribution in [3.05, 3.63) is 84.6 Å². The first-order valence-electron chi connectivity index (χ1n) is 9.34. The van der Waals surface area contributed by atoms with E-state index in [0.717, 1.165) is 30.7 Å². The number of rotatable bonds is 7. The third-order valence-corrected chi connectivity index (χ3v) is 4.78. The molecular weight excluding hydrogens is 318 g/mol. The molecule has 0 spiro atoms. The fraction of sp³-hybridized carbons (Fsp3) is 0.208. The maximum atomic E-state index is 5.94. The molecule has 0 atom stereocenters. The Kier molecular flexibility index (Phi) is 5.11. The predicted molar refractivity (Wildman–Crippen MR) is 109 cm³/mol. The number of aryl methyl sites for hydroxylation is 1. The number of pyridine rings is 1. The van der Waals surface area contributed by atoms with Gasteiger partial charge in [0.1, 0.15) is 5.75 Å². The zero-order chi connectivity index (χ0) is 17.6. The summed E-state index contributed by atoms with van der Waals surface area (Å²) in [5.41, 5.74) is 2.41. The van der Waals surface area contributed by atoms with E-state index >= 15 is 0 Å². The molecule has 1 aromatic heterocycles. The molecule has 0 aliphatic carbocycles. The van der Waals surface area contributed by atoms with E-state index in [2.05, 4.69) is 65.6 Å². The summed E-state index contributed by atoms with van der Waals surface area (Å²) in [7, 11) is 0. The highest BCUT2D eigenvalue weighted by atomic mass is 16.5. The summed E-state index contributed by atoms with van der Waals surface area (Å²) in [6.07, 6.45) is 6.55. The fourth-order valence-electron chi connectivity index (χ4n) is 3.37. The van der Waals surface area contributed by atoms with Gasteiger partial charge in [0.25, 0.3) is 0 Å². The topological polar surface area (TPSA) is 22.1 Å². The van der Waals surface area contributed by atoms with Crippen molar-refractivity contribution in [1.29, 1.82) is 0 Å². The van der Waals surface area contributed by atoms with Crippen LogP contribution in [0.15, 0.2) is 79.0 Å². The summed E-state index contributed by atoms with van der Waals surface area (Å²) in [5, 5.41) is 3.59. The SMILES string of the molecule is c1ccc(CCCCCOc2ccc3c(c2)ncc2ccccc23)cc1. The molecule has 4 rings (SSSR count). The van der Waals surface area contributed by atoms with Gasteiger partial charge in [-0.25, -0.2) is 0 Å². The summed E-state index contributed by atoms with van der Waals surface area (Å²) >= 11 is 0. The molecule has 3 aromatic carbocycles. The first-order chi connectivity index (χ1) is 12.9. The molecule has 0 amide bonds. The van der Waals surface area contributed by atoms with E-state index in [1.807, 2.05) is 18.3 Å². The predicted octanol–water partition coefficient (Wildman–Crippen LogP) is 6.18. The van der Waals surface area contributed by atoms with Crippen molar-refractivity contribution in [2.45, 2.75) is 25.7 Å². The van der Waals surface area contributed by atoms with Crippen LogP contribution in [-0.4, -0.2) is 11.6 Å². The lowest BCUT2D eigenvalue weighted by Gasteiger charge is -2.08. The Bertz CT molecular complexity index is 995. The van der Waals surface area contributed by atoms with Crippen LogP contribution >= 0.6 is 0 Å². The van der Waals surface area contributed by atoms with Crippen molar-refractivity contribution in [2.24, 2.45) is 0 Å². The second kappa shape index (κ2) is 8.01. The standard InChI is InChI=1S/C24H23NO/c1-3-9-19(10-4-1)11-5-2-8-16-26-21-14-15-23-22-13-7-6-12-20(22)18-25-24(23)17-21/h1,3-4,6-7,9-10,12-15,17-18H,2,5,8,11,16H2. The summed E-state index contributed by atoms with van der Waals surface area (Å²) in [6, 6.07) is 25.3. The molecule has 1 heterocycles. The summed E-state index contributed by atoms with van der Waals surface area (Å²) in [5.74, 6) is 0.906. The molecule has 0 bridgehead atoms. The molecule has 0 saturated heterocycles. The molecule has 0 fully saturated rings. The maximum Gasteiger partial charge on any atom is 0.121 e. The van der Waals surface area contributed by atoms with Crippen LogP contribution in [-0.2, 0) is 6.42 Å². The highest BCUT2D eigenvalue weighted by Crippen LogP contribution is 2.26. The number of hydrogen-bond acceptors (Lipinski definition) is 2. The molecule has 0 aliphatic rings. The van der Waals surface area contributed by atoms with E-state index in [1.54, 1.807) is 0 Å². The molecule has 130 valence electrons. The third-order valence-electron chi connectivity index (χ3n) is 4.78. The minimum atomic E-state index is 0.758. The number of nitrogens with zero attached hydrogens (tertiary/aromatic N) is 1. The molecule has 0 aliphatic heterocycles. The van der Waals surface area contributed by atoms with Gasteiger partial charge >= 0.3 is 0 Å². The number of aromatic nitrogens is 1. The van der Waals surface area contributed by atoms with Crippen molar-refractivity contribution in [3.8, 4) is 5.75 Å². The van der Waals surface area contributed by atoms with Crippen LogP contribution in [0.4, 0.5) is 0 Å². The monoisotopic (exact) mass is 341 g/mol. The van der Waals surface area contributed by atoms with Gasteiger partial charge in [-0.05, 0) is 48.8 Å². The second-order valence-corrected chi connectivity index (χ2v) is 6.67. The van der Waals surface area contributed by atoms with E-state index in [-0.39, 0.29) is 0 Å². The van der Waals surface area contributed by atoms with Gasteiger partial charge in [-0.1, -0.05) is 54.6 Å². The molecule has 26 heavy (non-hydrogen) atoms. The Morgan fingerprint density at radius 3 is 2.50 bits per heavy atom. The quantitative estimate of drug-likeness (QED) is 0.296. The van der Waals surface area contributed by atoms with Gasteiger partial charge < -0.3 is 4.74 Å². The van der Waals surface area contributed by atoms with Crippen LogP contribution in [0.1, 0.15) is 24.8 Å². The molecule has 0 radical (unpaired) electrons. The van der Waals surface area contributed by atoms with Crippen LogP contribution < -0.4 is 4.74 Å². The van der Waals surface area contributed by atoms with Gasteiger partial charge in [0, 0.05) is 23.0 Å². The van der Waals surface area contributed by atoms with E-state index in [1.165, 1.54) is 34.6 Å². The first kappa shape index (κ1) is 16.6. The van der Waals surface area contributed by atoms with Crippen molar-refractivity contribution in [3.63, 3.8) is 0 Å². The molecule has 0 unspecified atom stereocenters. The number of hydrogen-bond donors (Lipinski definition) is 0. The molecule has 2 nitrogen and oxygen atoms in total. The normalized spacial score (nSPS) is 11.1. The lowest BCUT2D eigenvalue weighted by Crippen LogP contribution is -1.98. The van der Waals surface area contributed by atoms with Crippen LogP contribution in [0.3, 0.4) is 0 Å². The Hall–Kier alpha value is -2.87. The fourth-order valence-corrected chi connectivity index (χ4v) is 3.37. The number of ether oxygens (including phenoxy) is 1. The second-order valence-electron chi connectivity index (χ2n) is 6.67. The largest absolute Gasteiger partial charge is 0.494 e. The van der Waals surface area contributed by atoms with E-state index in [4.69, 9.17) is 4.74 Å². The van der Waals surface area contributed by atoms with Gasteiger partial charge in [-0.2, -0.15) is 0 Å². The maximum absolute atomic E-state index is 5.94. The summed E-state index contributed by atoms with van der Waals surface area (Å²) in [4.78, 5) is 4.58. The minimum absolute atomic E-state index is 0.758. The lowest BCUT2D eigenvalue weighted by atomic mass is 10.1. The van der Waals surface area contributed by atoms with Crippen LogP contribution in [0.2, 0.25) is 0 Å². The van der Waals surface area contributed by atoms with Gasteiger partial charge in [0.15, 0.2) is 0 Å². The van der Waals surface area contributed by atoms with Crippen molar-refractivity contribution < 1.29 is 4.74 Å². The lowest BCUT2D eigenvalue weighted by molar-refractivity contribution is 0.305. The van der Waals surface area contributed by atoms with E-state index in [0.29, 0.717) is 0 Å². The molecule has 2 heteroatoms. The number of unbranched alkanes of at least 4 members (excludes halogenated alkanes) is 2. The van der Waals surface area contributed by atoms with Crippen molar-refractivity contribution in [1.82, 2.24) is 4.98 Å². The van der Waals surface area contributed by atoms with Crippen LogP contribution in [0.5, 0.6) is 5.75 Å². The Labute approximate surface area is 154 Å². The summed E-state index contributed by atoms with van der Waals surface area (Å²) in [6.45, 7) is 0.758. The van der Waals surface area contributed by atoms with Gasteiger partial charge in [-0.3, -0.25) is 4.98 Å². The zero-order valence-electron chi connectivity index (χ0n) is 14.9. The molecule has 4 aromatic rings. The Balaban J connectivity index is 1.31. The van der Waals surface area contributed by atoms with Gasteiger partial charge in [0.05, 0.1) is 12.1 Å². The van der Waals surface area contributed by atoms with E-state index < -0.39 is 0 Å². The van der Waals surface area contributed by atoms with Crippen LogP contribution in [0, 0.1) is 0 Å². The van der Waals surface area contributed by atoms with E-state index in [9.17, 15) is 0 Å². The molecule has 0 N–H and O–H groups in total. The molecule has 0 saturated carbocycles. The average molecular weight is 341 g/mol. The van der Waals surface area contributed by atoms with Gasteiger partial charge in [0.2, 0.25) is 0 Å². The zero-order valence-corrected chi connectivity index (χ0v) is 14.9. The Morgan fingerprint density at radius 1 is 0.731 bits per heavy atom. The Morgan fingerprint density at radius 2 is 1.58 bits per heavy atom. The van der Waals surface area contributed by atoms with Crippen molar-refractivity contribution >= 4 is 21.7 Å². The van der Waals surface area contributed by atoms with Crippen LogP contribution in [0.25, 0.3) is 21.7 Å². The minimum Gasteiger partial charge on any atom is -0.494 e. The number of fused-ring (bicyclic) bond motifs is 3. The highest BCUT2D eigenvalue weighted by Gasteiger charge is 2.03. The average Bonchev–Trinajstić information content (AvgIpc) is 2.71. The molecular formula is C24H23NO. The number of benzene rings is 3. The summed E-state index contributed by atoms with van der Waals surface area (Å²) < 4.78 is 5.94. The first-order valence-corrected chi connectivity index (χ1v) is 9.34. The van der Waals surface area contributed by atoms with Gasteiger partial charge in [-0.15, -0.1) is 0 Å². The highest BCUT2D eigenvalue weighted by molar-refractivity contribution is 6.05.